The molecule has 4 rings (SSSR count). The topological polar surface area (TPSA) is 89.2 Å². The molecule has 0 aromatic heterocycles. The van der Waals surface area contributed by atoms with Gasteiger partial charge in [0.1, 0.15) is 29.7 Å². The van der Waals surface area contributed by atoms with Crippen molar-refractivity contribution in [3.8, 4) is 5.75 Å². The molecule has 0 saturated carbocycles. The molecule has 2 aliphatic heterocycles. The van der Waals surface area contributed by atoms with Crippen molar-refractivity contribution in [3.05, 3.63) is 59.5 Å². The Morgan fingerprint density at radius 1 is 1.21 bits per heavy atom. The zero-order chi connectivity index (χ0) is 20.7. The number of aliphatic imine (C=N–C) groups is 1. The zero-order valence-electron chi connectivity index (χ0n) is 17.0. The van der Waals surface area contributed by atoms with Crippen molar-refractivity contribution in [1.29, 1.82) is 0 Å². The lowest BCUT2D eigenvalue weighted by Gasteiger charge is -2.32. The second kappa shape index (κ2) is 7.53. The summed E-state index contributed by atoms with van der Waals surface area (Å²) in [5, 5.41) is 3.51. The van der Waals surface area contributed by atoms with Crippen molar-refractivity contribution in [2.45, 2.75) is 11.1 Å². The van der Waals surface area contributed by atoms with E-state index in [4.69, 9.17) is 15.5 Å². The lowest BCUT2D eigenvalue weighted by molar-refractivity contribution is 0.415. The second-order valence-electron chi connectivity index (χ2n) is 7.20. The van der Waals surface area contributed by atoms with Gasteiger partial charge in [-0.25, -0.2) is 4.99 Å². The first-order chi connectivity index (χ1) is 13.9. The Hall–Kier alpha value is -2.84. The normalized spacial score (nSPS) is 19.6. The standard InChI is InChI=1S/C21H25N5O2S/c1-25-12-17(13-5-8-15(9-6-13)29(4)27)23-19(20(25)22)21-24-16-11-14(28-3)7-10-18(16)26(21)2/h5-11,21,24H,12,22H2,1-4H3. The molecule has 0 fully saturated rings. The lowest BCUT2D eigenvalue weighted by atomic mass is 10.1. The molecule has 0 bridgehead atoms. The van der Waals surface area contributed by atoms with Gasteiger partial charge in [-0.1, -0.05) is 0 Å². The highest BCUT2D eigenvalue weighted by Gasteiger charge is 2.33. The summed E-state index contributed by atoms with van der Waals surface area (Å²) in [5.41, 5.74) is 11.2. The van der Waals surface area contributed by atoms with Crippen LogP contribution in [0.1, 0.15) is 5.56 Å². The van der Waals surface area contributed by atoms with Gasteiger partial charge in [-0.3, -0.25) is 0 Å². The molecule has 8 heteroatoms. The average molecular weight is 412 g/mol. The van der Waals surface area contributed by atoms with E-state index in [0.29, 0.717) is 12.4 Å². The van der Waals surface area contributed by atoms with Crippen LogP contribution in [0.15, 0.2) is 63.9 Å². The molecule has 7 nitrogen and oxygen atoms in total. The first kappa shape index (κ1) is 19.5. The van der Waals surface area contributed by atoms with Crippen LogP contribution < -0.4 is 20.7 Å². The molecule has 0 spiro atoms. The van der Waals surface area contributed by atoms with E-state index in [2.05, 4.69) is 10.2 Å². The van der Waals surface area contributed by atoms with Gasteiger partial charge in [0.25, 0.3) is 0 Å². The minimum absolute atomic E-state index is 0.183. The summed E-state index contributed by atoms with van der Waals surface area (Å²) in [5.74, 6) is 1.44. The fraction of sp³-hybridized carbons (Fsp3) is 0.286. The SMILES string of the molecule is COc1ccc2c(c1)NC(C1=C(N)N(C)CC(c3ccc([S+](C)[O-])cc3)=N1)N2C. The minimum Gasteiger partial charge on any atom is -0.612 e. The minimum atomic E-state index is -1.00. The van der Waals surface area contributed by atoms with Crippen molar-refractivity contribution in [3.63, 3.8) is 0 Å². The van der Waals surface area contributed by atoms with Gasteiger partial charge in [-0.05, 0) is 53.1 Å². The molecule has 0 aliphatic carbocycles. The smallest absolute Gasteiger partial charge is 0.152 e. The Balaban J connectivity index is 1.68. The molecule has 152 valence electrons. The highest BCUT2D eigenvalue weighted by molar-refractivity contribution is 7.90. The number of anilines is 2. The fourth-order valence-electron chi connectivity index (χ4n) is 3.64. The van der Waals surface area contributed by atoms with Gasteiger partial charge in [0.05, 0.1) is 30.7 Å². The molecule has 3 N–H and O–H groups in total. The number of fused-ring (bicyclic) bond motifs is 1. The summed E-state index contributed by atoms with van der Waals surface area (Å²) in [6, 6.07) is 13.6. The van der Waals surface area contributed by atoms with Crippen LogP contribution in [0.4, 0.5) is 11.4 Å². The van der Waals surface area contributed by atoms with Gasteiger partial charge >= 0.3 is 0 Å². The molecule has 2 aromatic carbocycles. The molecule has 2 aliphatic rings. The maximum atomic E-state index is 11.7. The fourth-order valence-corrected chi connectivity index (χ4v) is 4.16. The van der Waals surface area contributed by atoms with E-state index in [1.165, 1.54) is 0 Å². The quantitative estimate of drug-likeness (QED) is 0.750. The summed E-state index contributed by atoms with van der Waals surface area (Å²) >= 11 is -1.00. The Bertz CT molecular complexity index is 987. The third kappa shape index (κ3) is 3.49. The Morgan fingerprint density at radius 2 is 1.93 bits per heavy atom. The van der Waals surface area contributed by atoms with E-state index in [0.717, 1.165) is 39.0 Å². The second-order valence-corrected chi connectivity index (χ2v) is 8.58. The monoisotopic (exact) mass is 411 g/mol. The molecule has 29 heavy (non-hydrogen) atoms. The number of hydrogen-bond acceptors (Lipinski definition) is 7. The van der Waals surface area contributed by atoms with E-state index < -0.39 is 11.2 Å². The van der Waals surface area contributed by atoms with Crippen molar-refractivity contribution in [1.82, 2.24) is 4.90 Å². The van der Waals surface area contributed by atoms with Crippen LogP contribution in [0.5, 0.6) is 5.75 Å². The number of likely N-dealkylation sites (N-methyl/N-ethyl adjacent to an activating group) is 2. The number of nitrogens with zero attached hydrogens (tertiary/aromatic N) is 3. The third-order valence-electron chi connectivity index (χ3n) is 5.36. The molecule has 2 aromatic rings. The van der Waals surface area contributed by atoms with Gasteiger partial charge in [0.2, 0.25) is 0 Å². The first-order valence-electron chi connectivity index (χ1n) is 9.28. The summed E-state index contributed by atoms with van der Waals surface area (Å²) in [7, 11) is 5.64. The summed E-state index contributed by atoms with van der Waals surface area (Å²) < 4.78 is 17.0. The van der Waals surface area contributed by atoms with Crippen molar-refractivity contribution in [2.24, 2.45) is 10.7 Å². The Kier molecular flexibility index (Phi) is 5.06. The number of nitrogens with one attached hydrogen (secondary N) is 1. The van der Waals surface area contributed by atoms with Gasteiger partial charge < -0.3 is 30.1 Å². The molecular formula is C21H25N5O2S. The number of rotatable bonds is 4. The third-order valence-corrected chi connectivity index (χ3v) is 6.29. The van der Waals surface area contributed by atoms with Gasteiger partial charge in [-0.2, -0.15) is 0 Å². The maximum absolute atomic E-state index is 11.7. The molecule has 0 saturated heterocycles. The molecule has 0 amide bonds. The van der Waals surface area contributed by atoms with Crippen LogP contribution in [0.3, 0.4) is 0 Å². The van der Waals surface area contributed by atoms with Gasteiger partial charge in [0, 0.05) is 20.2 Å². The molecule has 0 radical (unpaired) electrons. The Morgan fingerprint density at radius 3 is 2.59 bits per heavy atom. The molecule has 2 atom stereocenters. The largest absolute Gasteiger partial charge is 0.612 e. The molecular weight excluding hydrogens is 386 g/mol. The Labute approximate surface area is 174 Å². The van der Waals surface area contributed by atoms with E-state index in [-0.39, 0.29) is 6.17 Å². The number of hydrogen-bond donors (Lipinski definition) is 2. The molecule has 2 heterocycles. The van der Waals surface area contributed by atoms with E-state index in [9.17, 15) is 4.55 Å². The molecule has 2 unspecified atom stereocenters. The number of nitrogens with two attached hydrogens (primary N) is 1. The van der Waals surface area contributed by atoms with E-state index in [1.54, 1.807) is 13.4 Å². The summed E-state index contributed by atoms with van der Waals surface area (Å²) in [6.07, 6.45) is 1.49. The number of ether oxygens (including phenoxy) is 1. The average Bonchev–Trinajstić information content (AvgIpc) is 3.05. The van der Waals surface area contributed by atoms with Crippen LogP contribution in [0.2, 0.25) is 0 Å². The van der Waals surface area contributed by atoms with Gasteiger partial charge in [0.15, 0.2) is 4.90 Å². The predicted octanol–water partition coefficient (Wildman–Crippen LogP) is 2.18. The van der Waals surface area contributed by atoms with Crippen molar-refractivity contribution < 1.29 is 9.29 Å². The number of methoxy groups -OCH3 is 1. The van der Waals surface area contributed by atoms with Crippen LogP contribution >= 0.6 is 0 Å². The summed E-state index contributed by atoms with van der Waals surface area (Å²) in [4.78, 5) is 9.86. The summed E-state index contributed by atoms with van der Waals surface area (Å²) in [6.45, 7) is 0.612. The lowest BCUT2D eigenvalue weighted by Crippen LogP contribution is -2.42. The highest BCUT2D eigenvalue weighted by atomic mass is 32.2. The zero-order valence-corrected chi connectivity index (χ0v) is 17.8. The van der Waals surface area contributed by atoms with Crippen LogP contribution in [0, 0.1) is 0 Å². The number of benzene rings is 2. The maximum Gasteiger partial charge on any atom is 0.152 e. The van der Waals surface area contributed by atoms with Crippen LogP contribution in [-0.4, -0.2) is 55.3 Å². The predicted molar refractivity (Wildman–Crippen MR) is 118 cm³/mol. The van der Waals surface area contributed by atoms with Gasteiger partial charge in [-0.15, -0.1) is 0 Å². The van der Waals surface area contributed by atoms with E-state index >= 15 is 0 Å². The van der Waals surface area contributed by atoms with Crippen molar-refractivity contribution in [2.75, 3.05) is 44.2 Å². The van der Waals surface area contributed by atoms with Crippen molar-refractivity contribution >= 4 is 28.3 Å². The van der Waals surface area contributed by atoms with Crippen LogP contribution in [-0.2, 0) is 11.2 Å². The van der Waals surface area contributed by atoms with E-state index in [1.807, 2.05) is 61.5 Å². The van der Waals surface area contributed by atoms with Crippen LogP contribution in [0.25, 0.3) is 0 Å². The highest BCUT2D eigenvalue weighted by Crippen LogP contribution is 2.39. The first-order valence-corrected chi connectivity index (χ1v) is 10.8.